The lowest BCUT2D eigenvalue weighted by atomic mass is 10.2. The third-order valence-electron chi connectivity index (χ3n) is 3.80. The van der Waals surface area contributed by atoms with E-state index in [0.717, 1.165) is 32.1 Å². The number of hydrogen-bond donors (Lipinski definition) is 2. The summed E-state index contributed by atoms with van der Waals surface area (Å²) in [5.74, 6) is 0.820. The standard InChI is InChI=1S/C18H32N4O2/c1-16(22(3)17-9-6-5-7-10-17)15-21-18(19-2)20-11-8-12-24-14-13-23-4/h5-7,9-10,16H,8,11-15H2,1-4H3,(H2,19,20,21). The van der Waals surface area contributed by atoms with E-state index in [4.69, 9.17) is 9.47 Å². The van der Waals surface area contributed by atoms with Crippen molar-refractivity contribution in [3.8, 4) is 0 Å². The monoisotopic (exact) mass is 336 g/mol. The van der Waals surface area contributed by atoms with Crippen molar-refractivity contribution in [3.05, 3.63) is 30.3 Å². The largest absolute Gasteiger partial charge is 0.382 e. The number of anilines is 1. The van der Waals surface area contributed by atoms with E-state index in [1.165, 1.54) is 5.69 Å². The molecule has 0 aromatic heterocycles. The molecule has 0 heterocycles. The minimum Gasteiger partial charge on any atom is -0.382 e. The zero-order chi connectivity index (χ0) is 17.6. The summed E-state index contributed by atoms with van der Waals surface area (Å²) < 4.78 is 10.4. The molecule has 0 aliphatic carbocycles. The highest BCUT2D eigenvalue weighted by molar-refractivity contribution is 5.79. The highest BCUT2D eigenvalue weighted by atomic mass is 16.5. The number of ether oxygens (including phenoxy) is 2. The van der Waals surface area contributed by atoms with Crippen molar-refractivity contribution in [2.75, 3.05) is 59.0 Å². The lowest BCUT2D eigenvalue weighted by Gasteiger charge is -2.27. The van der Waals surface area contributed by atoms with Crippen LogP contribution in [0.15, 0.2) is 35.3 Å². The second-order valence-corrected chi connectivity index (χ2v) is 5.63. The molecule has 0 amide bonds. The maximum absolute atomic E-state index is 5.44. The maximum atomic E-state index is 5.44. The average Bonchev–Trinajstić information content (AvgIpc) is 2.63. The average molecular weight is 336 g/mol. The van der Waals surface area contributed by atoms with Gasteiger partial charge in [0.15, 0.2) is 5.96 Å². The number of hydrogen-bond acceptors (Lipinski definition) is 4. The molecule has 0 aliphatic heterocycles. The first kappa shape index (κ1) is 20.3. The van der Waals surface area contributed by atoms with Crippen LogP contribution in [0.3, 0.4) is 0 Å². The molecule has 1 unspecified atom stereocenters. The lowest BCUT2D eigenvalue weighted by molar-refractivity contribution is 0.0698. The molecule has 24 heavy (non-hydrogen) atoms. The molecular formula is C18H32N4O2. The van der Waals surface area contributed by atoms with Gasteiger partial charge in [-0.05, 0) is 25.5 Å². The number of rotatable bonds is 11. The highest BCUT2D eigenvalue weighted by Gasteiger charge is 2.10. The van der Waals surface area contributed by atoms with Crippen molar-refractivity contribution in [3.63, 3.8) is 0 Å². The molecule has 136 valence electrons. The Morgan fingerprint density at radius 2 is 1.92 bits per heavy atom. The molecule has 1 aromatic carbocycles. The van der Waals surface area contributed by atoms with Gasteiger partial charge in [0.2, 0.25) is 0 Å². The van der Waals surface area contributed by atoms with Gasteiger partial charge in [-0.25, -0.2) is 0 Å². The van der Waals surface area contributed by atoms with Gasteiger partial charge in [-0.1, -0.05) is 18.2 Å². The van der Waals surface area contributed by atoms with Crippen LogP contribution in [0.4, 0.5) is 5.69 Å². The zero-order valence-corrected chi connectivity index (χ0v) is 15.4. The maximum Gasteiger partial charge on any atom is 0.191 e. The first-order valence-corrected chi connectivity index (χ1v) is 8.48. The van der Waals surface area contributed by atoms with E-state index in [9.17, 15) is 0 Å². The lowest BCUT2D eigenvalue weighted by Crippen LogP contribution is -2.45. The fraction of sp³-hybridized carbons (Fsp3) is 0.611. The van der Waals surface area contributed by atoms with E-state index in [-0.39, 0.29) is 0 Å². The summed E-state index contributed by atoms with van der Waals surface area (Å²) in [6.07, 6.45) is 0.934. The van der Waals surface area contributed by atoms with Crippen LogP contribution in [-0.4, -0.2) is 66.1 Å². The summed E-state index contributed by atoms with van der Waals surface area (Å²) in [7, 11) is 5.57. The molecule has 2 N–H and O–H groups in total. The third kappa shape index (κ3) is 8.17. The van der Waals surface area contributed by atoms with E-state index in [1.54, 1.807) is 14.2 Å². The number of nitrogens with one attached hydrogen (secondary N) is 2. The van der Waals surface area contributed by atoms with Gasteiger partial charge in [0.25, 0.3) is 0 Å². The Kier molecular flexibility index (Phi) is 10.6. The van der Waals surface area contributed by atoms with Crippen molar-refractivity contribution in [1.82, 2.24) is 10.6 Å². The van der Waals surface area contributed by atoms with Crippen molar-refractivity contribution in [1.29, 1.82) is 0 Å². The molecule has 1 atom stereocenters. The Morgan fingerprint density at radius 3 is 2.58 bits per heavy atom. The minimum atomic E-state index is 0.350. The van der Waals surface area contributed by atoms with Crippen molar-refractivity contribution < 1.29 is 9.47 Å². The number of guanidine groups is 1. The number of para-hydroxylation sites is 1. The fourth-order valence-corrected chi connectivity index (χ4v) is 2.14. The van der Waals surface area contributed by atoms with E-state index in [0.29, 0.717) is 19.3 Å². The first-order chi connectivity index (χ1) is 11.7. The van der Waals surface area contributed by atoms with Crippen LogP contribution >= 0.6 is 0 Å². The molecule has 0 fully saturated rings. The van der Waals surface area contributed by atoms with E-state index < -0.39 is 0 Å². The molecule has 0 saturated carbocycles. The van der Waals surface area contributed by atoms with E-state index >= 15 is 0 Å². The Labute approximate surface area is 146 Å². The predicted octanol–water partition coefficient (Wildman–Crippen LogP) is 1.73. The highest BCUT2D eigenvalue weighted by Crippen LogP contribution is 2.13. The second-order valence-electron chi connectivity index (χ2n) is 5.63. The van der Waals surface area contributed by atoms with Crippen LogP contribution in [0.25, 0.3) is 0 Å². The zero-order valence-electron chi connectivity index (χ0n) is 15.4. The third-order valence-corrected chi connectivity index (χ3v) is 3.80. The summed E-state index contributed by atoms with van der Waals surface area (Å²) >= 11 is 0. The SMILES string of the molecule is CN=C(NCCCOCCOC)NCC(C)N(C)c1ccccc1. The molecule has 0 spiro atoms. The molecule has 6 nitrogen and oxygen atoms in total. The number of aliphatic imine (C=N–C) groups is 1. The molecular weight excluding hydrogens is 304 g/mol. The van der Waals surface area contributed by atoms with Gasteiger partial charge in [-0.2, -0.15) is 0 Å². The topological polar surface area (TPSA) is 58.1 Å². The van der Waals surface area contributed by atoms with Crippen molar-refractivity contribution in [2.24, 2.45) is 4.99 Å². The Bertz CT molecular complexity index is 454. The van der Waals surface area contributed by atoms with Crippen molar-refractivity contribution in [2.45, 2.75) is 19.4 Å². The van der Waals surface area contributed by atoms with Gasteiger partial charge in [-0.3, -0.25) is 4.99 Å². The van der Waals surface area contributed by atoms with Crippen LogP contribution in [0.2, 0.25) is 0 Å². The van der Waals surface area contributed by atoms with Crippen LogP contribution in [0, 0.1) is 0 Å². The smallest absolute Gasteiger partial charge is 0.191 e. The second kappa shape index (κ2) is 12.6. The quantitative estimate of drug-likeness (QED) is 0.366. The first-order valence-electron chi connectivity index (χ1n) is 8.48. The van der Waals surface area contributed by atoms with Gasteiger partial charge in [0, 0.05) is 52.6 Å². The molecule has 1 rings (SSSR count). The number of benzene rings is 1. The fourth-order valence-electron chi connectivity index (χ4n) is 2.14. The van der Waals surface area contributed by atoms with Crippen LogP contribution in [0.1, 0.15) is 13.3 Å². The Balaban J connectivity index is 2.21. The number of nitrogens with zero attached hydrogens (tertiary/aromatic N) is 2. The van der Waals surface area contributed by atoms with E-state index in [2.05, 4.69) is 58.8 Å². The summed E-state index contributed by atoms with van der Waals surface area (Å²) in [5.41, 5.74) is 1.21. The minimum absolute atomic E-state index is 0.350. The van der Waals surface area contributed by atoms with Gasteiger partial charge in [0.1, 0.15) is 0 Å². The number of methoxy groups -OCH3 is 1. The summed E-state index contributed by atoms with van der Waals surface area (Å²) in [4.78, 5) is 6.51. The molecule has 1 aromatic rings. The summed E-state index contributed by atoms with van der Waals surface area (Å²) in [5, 5.41) is 6.67. The van der Waals surface area contributed by atoms with Gasteiger partial charge in [0.05, 0.1) is 13.2 Å². The van der Waals surface area contributed by atoms with Gasteiger partial charge >= 0.3 is 0 Å². The Hall–Kier alpha value is -1.79. The van der Waals surface area contributed by atoms with Crippen LogP contribution in [0.5, 0.6) is 0 Å². The van der Waals surface area contributed by atoms with Gasteiger partial charge < -0.3 is 25.0 Å². The summed E-state index contributed by atoms with van der Waals surface area (Å²) in [6.45, 7) is 5.85. The molecule has 0 bridgehead atoms. The molecule has 0 aliphatic rings. The normalized spacial score (nSPS) is 12.8. The molecule has 0 saturated heterocycles. The molecule has 0 radical (unpaired) electrons. The molecule has 6 heteroatoms. The Morgan fingerprint density at radius 1 is 1.17 bits per heavy atom. The van der Waals surface area contributed by atoms with Crippen molar-refractivity contribution >= 4 is 11.6 Å². The summed E-state index contributed by atoms with van der Waals surface area (Å²) in [6, 6.07) is 10.7. The number of likely N-dealkylation sites (N-methyl/N-ethyl adjacent to an activating group) is 1. The van der Waals surface area contributed by atoms with Gasteiger partial charge in [-0.15, -0.1) is 0 Å². The predicted molar refractivity (Wildman–Crippen MR) is 101 cm³/mol. The van der Waals surface area contributed by atoms with Crippen LogP contribution < -0.4 is 15.5 Å². The van der Waals surface area contributed by atoms with E-state index in [1.807, 2.05) is 6.07 Å². The van der Waals surface area contributed by atoms with Crippen LogP contribution in [-0.2, 0) is 9.47 Å².